The summed E-state index contributed by atoms with van der Waals surface area (Å²) in [5.41, 5.74) is 16.1. The summed E-state index contributed by atoms with van der Waals surface area (Å²) < 4.78 is 0. The first-order chi connectivity index (χ1) is 22.3. The highest BCUT2D eigenvalue weighted by Gasteiger charge is 2.35. The van der Waals surface area contributed by atoms with Gasteiger partial charge in [0.1, 0.15) is 0 Å². The fourth-order valence-corrected chi connectivity index (χ4v) is 7.79. The van der Waals surface area contributed by atoms with Crippen LogP contribution in [-0.2, 0) is 0 Å². The number of fused-ring (bicyclic) bond motifs is 8. The van der Waals surface area contributed by atoms with E-state index in [1.807, 2.05) is 18.2 Å². The van der Waals surface area contributed by atoms with Crippen LogP contribution in [0.4, 0.5) is 0 Å². The lowest BCUT2D eigenvalue weighted by molar-refractivity contribution is 1.02. The van der Waals surface area contributed by atoms with E-state index in [1.165, 1.54) is 60.8 Å². The van der Waals surface area contributed by atoms with E-state index in [4.69, 9.17) is 9.97 Å². The highest BCUT2D eigenvalue weighted by Crippen LogP contribution is 2.58. The second-order valence-electron chi connectivity index (χ2n) is 12.1. The van der Waals surface area contributed by atoms with Crippen molar-refractivity contribution in [3.63, 3.8) is 0 Å². The van der Waals surface area contributed by atoms with E-state index in [9.17, 15) is 0 Å². The minimum atomic E-state index is 0.117. The van der Waals surface area contributed by atoms with Gasteiger partial charge < -0.3 is 0 Å². The zero-order valence-electron chi connectivity index (χ0n) is 24.4. The summed E-state index contributed by atoms with van der Waals surface area (Å²) in [6.45, 7) is 0. The Bertz CT molecular complexity index is 2470. The molecule has 0 bridgehead atoms. The van der Waals surface area contributed by atoms with Crippen molar-refractivity contribution in [3.05, 3.63) is 168 Å². The topological polar surface area (TPSA) is 25.8 Å². The van der Waals surface area contributed by atoms with Crippen LogP contribution in [0.5, 0.6) is 0 Å². The van der Waals surface area contributed by atoms with Gasteiger partial charge in [-0.25, -0.2) is 9.97 Å². The Kier molecular flexibility index (Phi) is 5.09. The maximum absolute atomic E-state index is 5.18. The van der Waals surface area contributed by atoms with Gasteiger partial charge in [-0.1, -0.05) is 140 Å². The molecule has 2 heteroatoms. The second-order valence-corrected chi connectivity index (χ2v) is 12.1. The Labute approximate surface area is 261 Å². The normalized spacial score (nSPS) is 14.0. The number of nitrogens with zero attached hydrogens (tertiary/aromatic N) is 2. The molecule has 1 aromatic heterocycles. The second kappa shape index (κ2) is 9.32. The standard InChI is InChI=1S/C43H26N2/c1-3-11-27(12-4-1)42-36-25-29(21-24-37(36)44-43(45-42)28-13-5-2-6-14-28)39-30-17-7-8-18-32(30)40-35(39)23-22-33-31-19-9-15-26-16-10-20-34(38(26)31)41(33)40/h1-25,39H. The van der Waals surface area contributed by atoms with Crippen molar-refractivity contribution < 1.29 is 0 Å². The molecule has 0 amide bonds. The van der Waals surface area contributed by atoms with Crippen LogP contribution >= 0.6 is 0 Å². The Hall–Kier alpha value is -5.86. The number of benzene rings is 7. The minimum Gasteiger partial charge on any atom is -0.228 e. The fourth-order valence-electron chi connectivity index (χ4n) is 7.79. The van der Waals surface area contributed by atoms with Gasteiger partial charge in [-0.05, 0) is 73.0 Å². The third-order valence-corrected chi connectivity index (χ3v) is 9.69. The third kappa shape index (κ3) is 3.51. The number of hydrogen-bond acceptors (Lipinski definition) is 2. The predicted molar refractivity (Wildman–Crippen MR) is 185 cm³/mol. The molecule has 1 unspecified atom stereocenters. The monoisotopic (exact) mass is 570 g/mol. The Morgan fingerprint density at radius 1 is 0.444 bits per heavy atom. The molecule has 2 aliphatic carbocycles. The first-order valence-corrected chi connectivity index (χ1v) is 15.5. The molecule has 1 atom stereocenters. The first kappa shape index (κ1) is 24.6. The van der Waals surface area contributed by atoms with Gasteiger partial charge in [0.2, 0.25) is 0 Å². The smallest absolute Gasteiger partial charge is 0.160 e. The van der Waals surface area contributed by atoms with Gasteiger partial charge in [-0.3, -0.25) is 0 Å². The summed E-state index contributed by atoms with van der Waals surface area (Å²) in [7, 11) is 0. The largest absolute Gasteiger partial charge is 0.228 e. The lowest BCUT2D eigenvalue weighted by atomic mass is 9.86. The summed E-state index contributed by atoms with van der Waals surface area (Å²) in [6.07, 6.45) is 0. The van der Waals surface area contributed by atoms with Crippen LogP contribution in [0.2, 0.25) is 0 Å². The average Bonchev–Trinajstić information content (AvgIpc) is 3.62. The van der Waals surface area contributed by atoms with Gasteiger partial charge in [-0.2, -0.15) is 0 Å². The molecule has 10 rings (SSSR count). The molecular weight excluding hydrogens is 544 g/mol. The lowest BCUT2D eigenvalue weighted by Gasteiger charge is -2.17. The highest BCUT2D eigenvalue weighted by atomic mass is 14.9. The molecule has 7 aromatic carbocycles. The van der Waals surface area contributed by atoms with Crippen molar-refractivity contribution in [1.29, 1.82) is 0 Å². The van der Waals surface area contributed by atoms with Crippen LogP contribution < -0.4 is 0 Å². The fraction of sp³-hybridized carbons (Fsp3) is 0.0233. The van der Waals surface area contributed by atoms with E-state index < -0.39 is 0 Å². The molecular formula is C43H26N2. The van der Waals surface area contributed by atoms with Gasteiger partial charge in [0, 0.05) is 22.4 Å². The Morgan fingerprint density at radius 3 is 1.98 bits per heavy atom. The molecule has 1 heterocycles. The van der Waals surface area contributed by atoms with E-state index in [1.54, 1.807) is 0 Å². The highest BCUT2D eigenvalue weighted by molar-refractivity contribution is 6.19. The summed E-state index contributed by atoms with van der Waals surface area (Å²) in [6, 6.07) is 54.7. The van der Waals surface area contributed by atoms with E-state index in [0.29, 0.717) is 0 Å². The maximum Gasteiger partial charge on any atom is 0.160 e. The first-order valence-electron chi connectivity index (χ1n) is 15.5. The van der Waals surface area contributed by atoms with Gasteiger partial charge >= 0.3 is 0 Å². The lowest BCUT2D eigenvalue weighted by Crippen LogP contribution is -2.01. The van der Waals surface area contributed by atoms with Gasteiger partial charge in [-0.15, -0.1) is 0 Å². The van der Waals surface area contributed by atoms with Crippen molar-refractivity contribution in [2.24, 2.45) is 0 Å². The van der Waals surface area contributed by atoms with E-state index in [2.05, 4.69) is 133 Å². The molecule has 208 valence electrons. The van der Waals surface area contributed by atoms with E-state index in [0.717, 1.165) is 33.5 Å². The molecule has 8 aromatic rings. The van der Waals surface area contributed by atoms with Crippen molar-refractivity contribution in [2.45, 2.75) is 5.92 Å². The number of rotatable bonds is 3. The predicted octanol–water partition coefficient (Wildman–Crippen LogP) is 10.9. The third-order valence-electron chi connectivity index (χ3n) is 9.69. The van der Waals surface area contributed by atoms with Crippen LogP contribution in [0.25, 0.3) is 77.7 Å². The molecule has 0 spiro atoms. The SMILES string of the molecule is c1ccc(-c2nc(-c3ccccc3)c3cc(C4c5ccccc5-c5c4ccc4c5-c5cccc6cccc-4c56)ccc3n2)cc1. The minimum absolute atomic E-state index is 0.117. The molecule has 0 N–H and O–H groups in total. The maximum atomic E-state index is 5.18. The van der Waals surface area contributed by atoms with Crippen LogP contribution in [0.3, 0.4) is 0 Å². The Balaban J connectivity index is 1.22. The summed E-state index contributed by atoms with van der Waals surface area (Å²) in [4.78, 5) is 10.2. The van der Waals surface area contributed by atoms with Crippen LogP contribution in [0.15, 0.2) is 152 Å². The number of aromatic nitrogens is 2. The van der Waals surface area contributed by atoms with Crippen molar-refractivity contribution >= 4 is 21.7 Å². The zero-order chi connectivity index (χ0) is 29.5. The van der Waals surface area contributed by atoms with Crippen LogP contribution in [-0.4, -0.2) is 9.97 Å². The van der Waals surface area contributed by atoms with E-state index >= 15 is 0 Å². The van der Waals surface area contributed by atoms with Crippen molar-refractivity contribution in [2.75, 3.05) is 0 Å². The van der Waals surface area contributed by atoms with Gasteiger partial charge in [0.05, 0.1) is 11.2 Å². The summed E-state index contributed by atoms with van der Waals surface area (Å²) >= 11 is 0. The van der Waals surface area contributed by atoms with E-state index in [-0.39, 0.29) is 5.92 Å². The van der Waals surface area contributed by atoms with Gasteiger partial charge in [0.15, 0.2) is 5.82 Å². The zero-order valence-corrected chi connectivity index (χ0v) is 24.4. The van der Waals surface area contributed by atoms with Crippen LogP contribution in [0, 0.1) is 0 Å². The van der Waals surface area contributed by atoms with Crippen molar-refractivity contribution in [3.8, 4) is 56.0 Å². The number of hydrogen-bond donors (Lipinski definition) is 0. The average molecular weight is 571 g/mol. The molecule has 0 saturated carbocycles. The molecule has 45 heavy (non-hydrogen) atoms. The van der Waals surface area contributed by atoms with Crippen molar-refractivity contribution in [1.82, 2.24) is 9.97 Å². The van der Waals surface area contributed by atoms with Crippen LogP contribution in [0.1, 0.15) is 22.6 Å². The molecule has 0 fully saturated rings. The molecule has 0 saturated heterocycles. The van der Waals surface area contributed by atoms with Gasteiger partial charge in [0.25, 0.3) is 0 Å². The molecule has 2 nitrogen and oxygen atoms in total. The molecule has 0 aliphatic heterocycles. The quantitative estimate of drug-likeness (QED) is 0.211. The molecule has 0 radical (unpaired) electrons. The summed E-state index contributed by atoms with van der Waals surface area (Å²) in [5.74, 6) is 0.863. The summed E-state index contributed by atoms with van der Waals surface area (Å²) in [5, 5.41) is 3.74. The Morgan fingerprint density at radius 2 is 1.16 bits per heavy atom. The molecule has 2 aliphatic rings.